The molecule has 27 heavy (non-hydrogen) atoms. The molecule has 0 aliphatic carbocycles. The molecule has 0 aliphatic rings. The predicted octanol–water partition coefficient (Wildman–Crippen LogP) is 5.38. The first-order valence-corrected chi connectivity index (χ1v) is 9.49. The highest BCUT2D eigenvalue weighted by atomic mass is 16.5. The van der Waals surface area contributed by atoms with Gasteiger partial charge < -0.3 is 4.74 Å². The van der Waals surface area contributed by atoms with Crippen LogP contribution in [0.1, 0.15) is 25.3 Å². The van der Waals surface area contributed by atoms with Crippen LogP contribution in [0.5, 0.6) is 5.75 Å². The van der Waals surface area contributed by atoms with Gasteiger partial charge in [-0.2, -0.15) is 10.2 Å². The van der Waals surface area contributed by atoms with E-state index in [9.17, 15) is 0 Å². The van der Waals surface area contributed by atoms with Crippen LogP contribution in [0.15, 0.2) is 77.5 Å². The average Bonchev–Trinajstić information content (AvgIpc) is 3.15. The van der Waals surface area contributed by atoms with E-state index in [1.54, 1.807) is 0 Å². The third-order valence-corrected chi connectivity index (χ3v) is 4.29. The Labute approximate surface area is 161 Å². The van der Waals surface area contributed by atoms with Crippen molar-refractivity contribution in [2.24, 2.45) is 10.2 Å². The number of benzene rings is 2. The van der Waals surface area contributed by atoms with Crippen LogP contribution in [0.4, 0.5) is 11.4 Å². The fourth-order valence-electron chi connectivity index (χ4n) is 2.65. The molecule has 0 saturated heterocycles. The van der Waals surface area contributed by atoms with E-state index >= 15 is 0 Å². The Morgan fingerprint density at radius 3 is 2.30 bits per heavy atom. The first-order chi connectivity index (χ1) is 13.2. The molecule has 1 heterocycles. The maximum Gasteiger partial charge on any atom is 0.243 e. The standard InChI is InChI=1S/C22H27N4O/c1-3-4-13-25-14-15-26(18-25)16-17-27-22-11-9-21(10-12-22)24-23-20-7-5-19(2)6-8-20/h5-12,14-15,18H,3-4,13,16-17H2,1-2H3/q+1. The lowest BCUT2D eigenvalue weighted by molar-refractivity contribution is -0.696. The van der Waals surface area contributed by atoms with Gasteiger partial charge in [0.2, 0.25) is 6.33 Å². The lowest BCUT2D eigenvalue weighted by Gasteiger charge is -2.04. The Bertz CT molecular complexity index is 851. The van der Waals surface area contributed by atoms with Gasteiger partial charge in [-0.1, -0.05) is 31.0 Å². The SMILES string of the molecule is CCCC[n+]1ccn(CCOc2ccc(N=Nc3ccc(C)cc3)cc2)c1. The van der Waals surface area contributed by atoms with Crippen LogP contribution in [0, 0.1) is 6.92 Å². The molecule has 0 amide bonds. The molecule has 0 atom stereocenters. The third kappa shape index (κ3) is 6.06. The average molecular weight is 363 g/mol. The molecule has 2 aromatic carbocycles. The second kappa shape index (κ2) is 9.67. The van der Waals surface area contributed by atoms with Crippen LogP contribution in [-0.2, 0) is 13.1 Å². The Kier molecular flexibility index (Phi) is 6.74. The number of unbranched alkanes of at least 4 members (excludes halogenated alkanes) is 1. The van der Waals surface area contributed by atoms with Crippen LogP contribution in [0.3, 0.4) is 0 Å². The molecule has 0 aliphatic heterocycles. The maximum absolute atomic E-state index is 5.83. The minimum absolute atomic E-state index is 0.632. The molecule has 0 bridgehead atoms. The van der Waals surface area contributed by atoms with Crippen molar-refractivity contribution in [2.45, 2.75) is 39.8 Å². The largest absolute Gasteiger partial charge is 0.489 e. The normalized spacial score (nSPS) is 11.2. The molecule has 0 saturated carbocycles. The van der Waals surface area contributed by atoms with Crippen molar-refractivity contribution in [2.75, 3.05) is 6.61 Å². The van der Waals surface area contributed by atoms with Crippen LogP contribution in [0.25, 0.3) is 0 Å². The maximum atomic E-state index is 5.83. The first-order valence-electron chi connectivity index (χ1n) is 9.49. The minimum Gasteiger partial charge on any atom is -0.489 e. The van der Waals surface area contributed by atoms with Gasteiger partial charge in [0, 0.05) is 0 Å². The molecular weight excluding hydrogens is 336 g/mol. The van der Waals surface area contributed by atoms with Crippen molar-refractivity contribution in [3.63, 3.8) is 0 Å². The first kappa shape index (κ1) is 18.8. The lowest BCUT2D eigenvalue weighted by atomic mass is 10.2. The van der Waals surface area contributed by atoms with E-state index in [4.69, 9.17) is 4.74 Å². The van der Waals surface area contributed by atoms with Gasteiger partial charge in [0.15, 0.2) is 0 Å². The van der Waals surface area contributed by atoms with Crippen molar-refractivity contribution >= 4 is 11.4 Å². The molecular formula is C22H27N4O+. The molecule has 0 radical (unpaired) electrons. The molecule has 5 nitrogen and oxygen atoms in total. The molecule has 3 aromatic rings. The highest BCUT2D eigenvalue weighted by Crippen LogP contribution is 2.21. The van der Waals surface area contributed by atoms with Crippen molar-refractivity contribution < 1.29 is 9.30 Å². The zero-order valence-corrected chi connectivity index (χ0v) is 16.1. The zero-order chi connectivity index (χ0) is 18.9. The Hall–Kier alpha value is -2.95. The molecule has 140 valence electrons. The van der Waals surface area contributed by atoms with E-state index in [0.717, 1.165) is 30.2 Å². The summed E-state index contributed by atoms with van der Waals surface area (Å²) in [5.41, 5.74) is 2.88. The van der Waals surface area contributed by atoms with E-state index in [0.29, 0.717) is 6.61 Å². The highest BCUT2D eigenvalue weighted by molar-refractivity contribution is 5.43. The van der Waals surface area contributed by atoms with E-state index < -0.39 is 0 Å². The third-order valence-electron chi connectivity index (χ3n) is 4.29. The van der Waals surface area contributed by atoms with Gasteiger partial charge in [0.1, 0.15) is 31.3 Å². The second-order valence-corrected chi connectivity index (χ2v) is 6.62. The topological polar surface area (TPSA) is 42.8 Å². The number of hydrogen-bond acceptors (Lipinski definition) is 3. The smallest absolute Gasteiger partial charge is 0.243 e. The van der Waals surface area contributed by atoms with Crippen molar-refractivity contribution in [3.05, 3.63) is 72.8 Å². The summed E-state index contributed by atoms with van der Waals surface area (Å²) in [6, 6.07) is 15.7. The fraction of sp³-hybridized carbons (Fsp3) is 0.318. The minimum atomic E-state index is 0.632. The summed E-state index contributed by atoms with van der Waals surface area (Å²) >= 11 is 0. The Morgan fingerprint density at radius 2 is 1.63 bits per heavy atom. The van der Waals surface area contributed by atoms with Gasteiger partial charge in [-0.3, -0.25) is 0 Å². The number of rotatable bonds is 9. The van der Waals surface area contributed by atoms with Crippen LogP contribution in [0.2, 0.25) is 0 Å². The number of azo groups is 1. The summed E-state index contributed by atoms with van der Waals surface area (Å²) in [6.07, 6.45) is 8.76. The zero-order valence-electron chi connectivity index (χ0n) is 16.1. The van der Waals surface area contributed by atoms with Crippen molar-refractivity contribution in [1.82, 2.24) is 4.57 Å². The van der Waals surface area contributed by atoms with Crippen LogP contribution in [-0.4, -0.2) is 11.2 Å². The van der Waals surface area contributed by atoms with Crippen LogP contribution < -0.4 is 9.30 Å². The molecule has 0 N–H and O–H groups in total. The van der Waals surface area contributed by atoms with Gasteiger partial charge in [0.05, 0.1) is 17.9 Å². The van der Waals surface area contributed by atoms with Gasteiger partial charge >= 0.3 is 0 Å². The Balaban J connectivity index is 1.46. The lowest BCUT2D eigenvalue weighted by Crippen LogP contribution is -2.30. The van der Waals surface area contributed by atoms with E-state index in [1.807, 2.05) is 48.5 Å². The number of imidazole rings is 1. The van der Waals surface area contributed by atoms with Gasteiger partial charge in [-0.05, 0) is 49.7 Å². The Morgan fingerprint density at radius 1 is 0.963 bits per heavy atom. The number of aromatic nitrogens is 2. The number of aryl methyl sites for hydroxylation is 2. The summed E-state index contributed by atoms with van der Waals surface area (Å²) < 4.78 is 10.2. The van der Waals surface area contributed by atoms with Crippen LogP contribution >= 0.6 is 0 Å². The fourth-order valence-corrected chi connectivity index (χ4v) is 2.65. The molecule has 3 rings (SSSR count). The van der Waals surface area contributed by atoms with Crippen molar-refractivity contribution in [1.29, 1.82) is 0 Å². The van der Waals surface area contributed by atoms with Crippen molar-refractivity contribution in [3.8, 4) is 5.75 Å². The summed E-state index contributed by atoms with van der Waals surface area (Å²) in [5.74, 6) is 0.843. The summed E-state index contributed by atoms with van der Waals surface area (Å²) in [4.78, 5) is 0. The van der Waals surface area contributed by atoms with Gasteiger partial charge in [0.25, 0.3) is 0 Å². The quantitative estimate of drug-likeness (QED) is 0.372. The monoisotopic (exact) mass is 363 g/mol. The van der Waals surface area contributed by atoms with E-state index in [2.05, 4.69) is 51.9 Å². The second-order valence-electron chi connectivity index (χ2n) is 6.62. The molecule has 1 aromatic heterocycles. The summed E-state index contributed by atoms with van der Waals surface area (Å²) in [5, 5.41) is 8.52. The summed E-state index contributed by atoms with van der Waals surface area (Å²) in [7, 11) is 0. The summed E-state index contributed by atoms with van der Waals surface area (Å²) in [6.45, 7) is 6.80. The van der Waals surface area contributed by atoms with E-state index in [-0.39, 0.29) is 0 Å². The molecule has 0 spiro atoms. The predicted molar refractivity (Wildman–Crippen MR) is 107 cm³/mol. The molecule has 0 fully saturated rings. The molecule has 5 heteroatoms. The number of hydrogen-bond donors (Lipinski definition) is 0. The molecule has 0 unspecified atom stereocenters. The number of ether oxygens (including phenoxy) is 1. The highest BCUT2D eigenvalue weighted by Gasteiger charge is 2.03. The van der Waals surface area contributed by atoms with Gasteiger partial charge in [-0.25, -0.2) is 9.13 Å². The number of nitrogens with zero attached hydrogens (tertiary/aromatic N) is 4. The van der Waals surface area contributed by atoms with E-state index in [1.165, 1.54) is 18.4 Å². The van der Waals surface area contributed by atoms with Gasteiger partial charge in [-0.15, -0.1) is 0 Å².